The Morgan fingerprint density at radius 3 is 2.11 bits per heavy atom. The van der Waals surface area contributed by atoms with Crippen molar-refractivity contribution < 1.29 is 19.2 Å². The lowest BCUT2D eigenvalue weighted by molar-refractivity contribution is -0.142. The van der Waals surface area contributed by atoms with Gasteiger partial charge in [0, 0.05) is 11.3 Å². The molecule has 256 valence electrons. The number of hydrogen-bond donors (Lipinski definition) is 4. The van der Waals surface area contributed by atoms with E-state index < -0.39 is 23.5 Å². The third-order valence-corrected chi connectivity index (χ3v) is 10.5. The lowest BCUT2D eigenvalue weighted by Gasteiger charge is -2.42. The number of hydrogen-bond acceptors (Lipinski definition) is 6. The molecule has 1 heterocycles. The van der Waals surface area contributed by atoms with Crippen LogP contribution < -0.4 is 21.3 Å². The molecule has 0 aromatic carbocycles. The summed E-state index contributed by atoms with van der Waals surface area (Å²) in [5.74, 6) is -0.517. The maximum Gasteiger partial charge on any atom is 0.316 e. The van der Waals surface area contributed by atoms with Crippen LogP contribution in [0.2, 0.25) is 0 Å². The first-order valence-electron chi connectivity index (χ1n) is 16.6. The molecule has 3 aliphatic rings. The zero-order chi connectivity index (χ0) is 32.7. The number of carbonyl (C=O) groups is 4. The highest BCUT2D eigenvalue weighted by Crippen LogP contribution is 2.44. The van der Waals surface area contributed by atoms with Crippen molar-refractivity contribution in [3.05, 3.63) is 25.1 Å². The molecule has 1 saturated heterocycles. The number of Topliss-reactive ketones (excluding diaryl/α,β-unsaturated/α-hetero) is 1. The molecular weight excluding hydrogens is 586 g/mol. The summed E-state index contributed by atoms with van der Waals surface area (Å²) in [6.45, 7) is 20.1. The van der Waals surface area contributed by atoms with E-state index in [1.165, 1.54) is 6.20 Å². The summed E-state index contributed by atoms with van der Waals surface area (Å²) in [6, 6.07) is -2.62. The van der Waals surface area contributed by atoms with Crippen molar-refractivity contribution in [1.29, 1.82) is 0 Å². The molecule has 1 aliphatic heterocycles. The normalized spacial score (nSPS) is 21.6. The maximum absolute atomic E-state index is 14.1. The van der Waals surface area contributed by atoms with Gasteiger partial charge in [0.05, 0.1) is 16.6 Å². The lowest BCUT2D eigenvalue weighted by atomic mass is 9.85. The predicted octanol–water partition coefficient (Wildman–Crippen LogP) is 6.40. The number of urea groups is 1. The molecule has 4 N–H and O–H groups in total. The predicted molar refractivity (Wildman–Crippen MR) is 186 cm³/mol. The summed E-state index contributed by atoms with van der Waals surface area (Å²) in [4.78, 5) is 55.9. The van der Waals surface area contributed by atoms with Crippen molar-refractivity contribution in [2.75, 3.05) is 6.54 Å². The summed E-state index contributed by atoms with van der Waals surface area (Å²) < 4.78 is -0.0366. The molecule has 0 spiro atoms. The molecule has 45 heavy (non-hydrogen) atoms. The van der Waals surface area contributed by atoms with E-state index in [9.17, 15) is 19.2 Å². The minimum Gasteiger partial charge on any atom is -0.360 e. The first-order chi connectivity index (χ1) is 20.5. The van der Waals surface area contributed by atoms with Crippen LogP contribution in [-0.4, -0.2) is 62.8 Å². The molecule has 2 unspecified atom stereocenters. The van der Waals surface area contributed by atoms with Crippen LogP contribution in [-0.2, 0) is 14.4 Å². The van der Waals surface area contributed by atoms with Gasteiger partial charge < -0.3 is 26.2 Å². The van der Waals surface area contributed by atoms with Gasteiger partial charge in [-0.1, -0.05) is 107 Å². The van der Waals surface area contributed by atoms with Gasteiger partial charge in [-0.15, -0.1) is 11.8 Å². The van der Waals surface area contributed by atoms with E-state index in [-0.39, 0.29) is 46.4 Å². The Hall–Kier alpha value is -2.49. The topological polar surface area (TPSA) is 120 Å². The highest BCUT2D eigenvalue weighted by molar-refractivity contribution is 8.01. The van der Waals surface area contributed by atoms with Gasteiger partial charge in [0.2, 0.25) is 17.6 Å². The van der Waals surface area contributed by atoms with Gasteiger partial charge in [-0.05, 0) is 49.6 Å². The second-order valence-corrected chi connectivity index (χ2v) is 17.2. The molecule has 2 aliphatic carbocycles. The van der Waals surface area contributed by atoms with E-state index in [0.29, 0.717) is 31.7 Å². The van der Waals surface area contributed by atoms with E-state index in [2.05, 4.69) is 55.2 Å². The van der Waals surface area contributed by atoms with Crippen LogP contribution in [0.5, 0.6) is 0 Å². The Labute approximate surface area is 276 Å². The van der Waals surface area contributed by atoms with Crippen molar-refractivity contribution in [3.8, 4) is 0 Å². The number of nitrogens with zero attached hydrogens (tertiary/aromatic N) is 1. The Balaban J connectivity index is 0.00000705. The van der Waals surface area contributed by atoms with Gasteiger partial charge in [-0.2, -0.15) is 0 Å². The Morgan fingerprint density at radius 1 is 0.933 bits per heavy atom. The highest BCUT2D eigenvalue weighted by atomic mass is 32.2. The number of rotatable bonds is 12. The fourth-order valence-electron chi connectivity index (χ4n) is 6.94. The zero-order valence-corrected chi connectivity index (χ0v) is 28.8. The van der Waals surface area contributed by atoms with Gasteiger partial charge in [-0.3, -0.25) is 14.4 Å². The zero-order valence-electron chi connectivity index (χ0n) is 28.0. The van der Waals surface area contributed by atoms with Gasteiger partial charge >= 0.3 is 6.03 Å². The Kier molecular flexibility index (Phi) is 14.1. The highest BCUT2D eigenvalue weighted by Gasteiger charge is 2.44. The maximum atomic E-state index is 14.1. The van der Waals surface area contributed by atoms with Gasteiger partial charge in [0.15, 0.2) is 0 Å². The van der Waals surface area contributed by atoms with E-state index in [0.717, 1.165) is 57.8 Å². The number of carbonyl (C=O) groups excluding carboxylic acids is 4. The standard InChI is InChI=1S/C34H57N5O4S.CH4/c1-9-35-23(2)27(40)25(22-24-16-11-12-17-24)36-29(41)26-18-15-21-39(26)30(42)28(32(3,4)5)37-31(43)38-34(44-33(6,7)8)19-13-10-14-20-34;/h9,24-26,28,35H,1-2,10-22H2,3-8H3,(H,36,41)(H2,37,38,43);1H4/t25?,26-,28?;/m0./s1. The van der Waals surface area contributed by atoms with Gasteiger partial charge in [-0.25, -0.2) is 4.79 Å². The summed E-state index contributed by atoms with van der Waals surface area (Å²) in [5.41, 5.74) is -0.407. The Bertz CT molecular complexity index is 1070. The van der Waals surface area contributed by atoms with Crippen molar-refractivity contribution in [2.45, 2.75) is 154 Å². The Morgan fingerprint density at radius 2 is 1.56 bits per heavy atom. The number of amides is 4. The van der Waals surface area contributed by atoms with Crippen molar-refractivity contribution in [3.63, 3.8) is 0 Å². The van der Waals surface area contributed by atoms with Crippen LogP contribution >= 0.6 is 11.8 Å². The average Bonchev–Trinajstić information content (AvgIpc) is 3.62. The molecule has 3 fully saturated rings. The smallest absolute Gasteiger partial charge is 0.316 e. The third-order valence-electron chi connectivity index (χ3n) is 8.98. The molecule has 2 saturated carbocycles. The van der Waals surface area contributed by atoms with Crippen molar-refractivity contribution in [2.24, 2.45) is 11.3 Å². The van der Waals surface area contributed by atoms with Crippen molar-refractivity contribution >= 4 is 35.4 Å². The number of thioether (sulfide) groups is 1. The summed E-state index contributed by atoms with van der Waals surface area (Å²) in [6.07, 6.45) is 12.5. The quantitative estimate of drug-likeness (QED) is 0.144. The second-order valence-electron chi connectivity index (χ2n) is 15.0. The summed E-state index contributed by atoms with van der Waals surface area (Å²) in [5, 5.41) is 12.0. The van der Waals surface area contributed by atoms with Gasteiger partial charge in [0.1, 0.15) is 12.1 Å². The molecule has 0 radical (unpaired) electrons. The monoisotopic (exact) mass is 647 g/mol. The number of nitrogens with one attached hydrogen (secondary N) is 4. The largest absolute Gasteiger partial charge is 0.360 e. The molecule has 0 aromatic rings. The minimum absolute atomic E-state index is 0. The van der Waals surface area contributed by atoms with Gasteiger partial charge in [0.25, 0.3) is 0 Å². The number of likely N-dealkylation sites (tertiary alicyclic amines) is 1. The van der Waals surface area contributed by atoms with Crippen LogP contribution in [0.1, 0.15) is 126 Å². The first-order valence-corrected chi connectivity index (χ1v) is 17.4. The summed E-state index contributed by atoms with van der Waals surface area (Å²) >= 11 is 1.79. The van der Waals surface area contributed by atoms with E-state index in [4.69, 9.17) is 0 Å². The summed E-state index contributed by atoms with van der Waals surface area (Å²) in [7, 11) is 0. The first kappa shape index (κ1) is 38.7. The van der Waals surface area contributed by atoms with Crippen molar-refractivity contribution in [1.82, 2.24) is 26.2 Å². The fourth-order valence-corrected chi connectivity index (χ4v) is 8.75. The van der Waals surface area contributed by atoms with E-state index in [1.807, 2.05) is 20.8 Å². The van der Waals surface area contributed by atoms with Crippen LogP contribution in [0.3, 0.4) is 0 Å². The second kappa shape index (κ2) is 16.4. The fraction of sp³-hybridized carbons (Fsp3) is 0.771. The lowest BCUT2D eigenvalue weighted by Crippen LogP contribution is -2.61. The molecule has 4 amide bonds. The molecule has 3 atom stereocenters. The van der Waals surface area contributed by atoms with Crippen LogP contribution in [0.4, 0.5) is 4.79 Å². The third kappa shape index (κ3) is 11.1. The molecule has 3 rings (SSSR count). The van der Waals surface area contributed by atoms with Crippen LogP contribution in [0.15, 0.2) is 25.1 Å². The molecule has 9 nitrogen and oxygen atoms in total. The van der Waals surface area contributed by atoms with E-state index >= 15 is 0 Å². The number of ketones is 1. The van der Waals surface area contributed by atoms with E-state index in [1.54, 1.807) is 16.7 Å². The van der Waals surface area contributed by atoms with Crippen LogP contribution in [0.25, 0.3) is 0 Å². The SMILES string of the molecule is C.C=CNC(=C)C(=O)C(CC1CCCC1)NC(=O)[C@@H]1CCCN1C(=O)C(NC(=O)NC1(SC(C)(C)C)CCCCC1)C(C)(C)C. The minimum atomic E-state index is -0.830. The molecular formula is C35H61N5O4S. The molecule has 0 aromatic heterocycles. The van der Waals surface area contributed by atoms with Crippen LogP contribution in [0, 0.1) is 11.3 Å². The molecule has 10 heteroatoms. The molecule has 0 bridgehead atoms. The average molecular weight is 648 g/mol.